The molecule has 0 spiro atoms. The molecule has 0 saturated heterocycles. The number of rotatable bonds is 14. The van der Waals surface area contributed by atoms with Gasteiger partial charge < -0.3 is 4.74 Å². The van der Waals surface area contributed by atoms with Gasteiger partial charge in [0.05, 0.1) is 11.8 Å². The van der Waals surface area contributed by atoms with Crippen LogP contribution in [0, 0.1) is 0 Å². The molecule has 2 rings (SSSR count). The molecule has 1 unspecified atom stereocenters. The SMILES string of the molecule is CCCCCCCCCCCC(=O)OCC1CN=C(SCc2ccccc2Cl)S1. The van der Waals surface area contributed by atoms with E-state index in [4.69, 9.17) is 16.3 Å². The number of ether oxygens (including phenoxy) is 1. The van der Waals surface area contributed by atoms with Gasteiger partial charge in [-0.1, -0.05) is 112 Å². The number of carbonyl (C=O) groups excluding carboxylic acids is 1. The van der Waals surface area contributed by atoms with Crippen LogP contribution in [-0.4, -0.2) is 28.7 Å². The Kier molecular flexibility index (Phi) is 12.9. The Hall–Kier alpha value is -0.650. The van der Waals surface area contributed by atoms with Gasteiger partial charge in [-0.3, -0.25) is 9.79 Å². The number of hydrogen-bond acceptors (Lipinski definition) is 5. The maximum Gasteiger partial charge on any atom is 0.305 e. The number of carbonyl (C=O) groups is 1. The van der Waals surface area contributed by atoms with Crippen LogP contribution in [0.4, 0.5) is 0 Å². The van der Waals surface area contributed by atoms with Crippen LogP contribution in [0.5, 0.6) is 0 Å². The lowest BCUT2D eigenvalue weighted by Crippen LogP contribution is -2.16. The molecule has 1 aromatic rings. The fraction of sp³-hybridized carbons (Fsp3) is 0.652. The number of unbranched alkanes of at least 4 members (excludes halogenated alkanes) is 8. The zero-order chi connectivity index (χ0) is 20.7. The van der Waals surface area contributed by atoms with E-state index in [9.17, 15) is 4.79 Å². The van der Waals surface area contributed by atoms with Crippen LogP contribution in [0.25, 0.3) is 0 Å². The summed E-state index contributed by atoms with van der Waals surface area (Å²) < 4.78 is 6.52. The first-order valence-corrected chi connectivity index (χ1v) is 13.2. The van der Waals surface area contributed by atoms with Crippen molar-refractivity contribution in [2.75, 3.05) is 13.2 Å². The van der Waals surface area contributed by atoms with Gasteiger partial charge in [-0.25, -0.2) is 0 Å². The molecular formula is C23H34ClNO2S2. The predicted octanol–water partition coefficient (Wildman–Crippen LogP) is 7.51. The molecule has 0 fully saturated rings. The first kappa shape index (κ1) is 24.6. The lowest BCUT2D eigenvalue weighted by Gasteiger charge is -2.10. The standard InChI is InChI=1S/C23H34ClNO2S2/c1-2-3-4-5-6-7-8-9-10-15-22(26)27-17-20-16-25-23(29-20)28-18-19-13-11-12-14-21(19)24/h11-14,20H,2-10,15-18H2,1H3. The van der Waals surface area contributed by atoms with Crippen molar-refractivity contribution in [3.8, 4) is 0 Å². The molecule has 0 radical (unpaired) electrons. The highest BCUT2D eigenvalue weighted by atomic mass is 35.5. The molecule has 29 heavy (non-hydrogen) atoms. The molecule has 6 heteroatoms. The van der Waals surface area contributed by atoms with Crippen LogP contribution >= 0.6 is 35.1 Å². The van der Waals surface area contributed by atoms with Crippen molar-refractivity contribution >= 4 is 45.5 Å². The molecule has 0 bridgehead atoms. The van der Waals surface area contributed by atoms with Crippen molar-refractivity contribution in [3.63, 3.8) is 0 Å². The number of benzene rings is 1. The Balaban J connectivity index is 1.46. The van der Waals surface area contributed by atoms with E-state index in [0.29, 0.717) is 13.0 Å². The van der Waals surface area contributed by atoms with Gasteiger partial charge in [0.2, 0.25) is 0 Å². The van der Waals surface area contributed by atoms with Gasteiger partial charge >= 0.3 is 5.97 Å². The summed E-state index contributed by atoms with van der Waals surface area (Å²) in [4.78, 5) is 16.5. The summed E-state index contributed by atoms with van der Waals surface area (Å²) in [5, 5.41) is 1.04. The van der Waals surface area contributed by atoms with Gasteiger partial charge in [-0.05, 0) is 18.1 Å². The average molecular weight is 456 g/mol. The first-order chi connectivity index (χ1) is 14.2. The maximum atomic E-state index is 11.9. The van der Waals surface area contributed by atoms with E-state index >= 15 is 0 Å². The van der Waals surface area contributed by atoms with E-state index < -0.39 is 0 Å². The van der Waals surface area contributed by atoms with Gasteiger partial charge in [-0.15, -0.1) is 0 Å². The quantitative estimate of drug-likeness (QED) is 0.215. The van der Waals surface area contributed by atoms with Crippen molar-refractivity contribution in [1.82, 2.24) is 0 Å². The van der Waals surface area contributed by atoms with Gasteiger partial charge in [-0.2, -0.15) is 0 Å². The number of halogens is 1. The molecule has 0 amide bonds. The molecule has 0 saturated carbocycles. The van der Waals surface area contributed by atoms with Crippen molar-refractivity contribution < 1.29 is 9.53 Å². The second-order valence-electron chi connectivity index (χ2n) is 7.49. The largest absolute Gasteiger partial charge is 0.464 e. The Labute approximate surface area is 189 Å². The number of hydrogen-bond donors (Lipinski definition) is 0. The molecule has 162 valence electrons. The Morgan fingerprint density at radius 2 is 1.83 bits per heavy atom. The molecular weight excluding hydrogens is 422 g/mol. The van der Waals surface area contributed by atoms with Crippen molar-refractivity contribution in [2.24, 2.45) is 4.99 Å². The van der Waals surface area contributed by atoms with Crippen molar-refractivity contribution in [1.29, 1.82) is 0 Å². The molecule has 1 aliphatic rings. The maximum absolute atomic E-state index is 11.9. The molecule has 0 aromatic heterocycles. The highest BCUT2D eigenvalue weighted by Gasteiger charge is 2.21. The highest BCUT2D eigenvalue weighted by Crippen LogP contribution is 2.31. The van der Waals surface area contributed by atoms with Crippen molar-refractivity contribution in [3.05, 3.63) is 34.9 Å². The van der Waals surface area contributed by atoms with Crippen LogP contribution in [0.1, 0.15) is 76.7 Å². The van der Waals surface area contributed by atoms with Gasteiger partial charge in [0, 0.05) is 17.2 Å². The topological polar surface area (TPSA) is 38.7 Å². The third-order valence-corrected chi connectivity index (χ3v) is 7.71. The van der Waals surface area contributed by atoms with Gasteiger partial charge in [0.1, 0.15) is 11.0 Å². The monoisotopic (exact) mass is 455 g/mol. The zero-order valence-corrected chi connectivity index (χ0v) is 19.9. The molecule has 1 atom stereocenters. The van der Waals surface area contributed by atoms with E-state index in [0.717, 1.165) is 40.1 Å². The van der Waals surface area contributed by atoms with Crippen LogP contribution in [0.15, 0.2) is 29.3 Å². The van der Waals surface area contributed by atoms with Crippen LogP contribution < -0.4 is 0 Å². The van der Waals surface area contributed by atoms with Crippen LogP contribution in [0.3, 0.4) is 0 Å². The predicted molar refractivity (Wildman–Crippen MR) is 129 cm³/mol. The van der Waals surface area contributed by atoms with E-state index in [1.807, 2.05) is 24.3 Å². The number of aliphatic imine (C=N–C) groups is 1. The second-order valence-corrected chi connectivity index (χ2v) is 10.4. The summed E-state index contributed by atoms with van der Waals surface area (Å²) in [6.45, 7) is 3.43. The Bertz CT molecular complexity index is 639. The van der Waals surface area contributed by atoms with Gasteiger partial charge in [0.15, 0.2) is 0 Å². The lowest BCUT2D eigenvalue weighted by molar-refractivity contribution is -0.143. The molecule has 1 aliphatic heterocycles. The summed E-state index contributed by atoms with van der Waals surface area (Å²) in [5.74, 6) is 0.752. The van der Waals surface area contributed by atoms with Gasteiger partial charge in [0.25, 0.3) is 0 Å². The highest BCUT2D eigenvalue weighted by molar-refractivity contribution is 8.39. The van der Waals surface area contributed by atoms with Crippen LogP contribution in [-0.2, 0) is 15.3 Å². The summed E-state index contributed by atoms with van der Waals surface area (Å²) in [6, 6.07) is 7.90. The third kappa shape index (κ3) is 10.8. The summed E-state index contributed by atoms with van der Waals surface area (Å²) >= 11 is 9.62. The minimum atomic E-state index is -0.0642. The number of thioether (sulfide) groups is 2. The minimum Gasteiger partial charge on any atom is -0.464 e. The average Bonchev–Trinajstić information content (AvgIpc) is 3.18. The summed E-state index contributed by atoms with van der Waals surface area (Å²) in [6.07, 6.45) is 11.9. The molecule has 1 heterocycles. The fourth-order valence-electron chi connectivity index (χ4n) is 3.15. The lowest BCUT2D eigenvalue weighted by atomic mass is 10.1. The van der Waals surface area contributed by atoms with E-state index in [1.54, 1.807) is 23.5 Å². The molecule has 1 aromatic carbocycles. The molecule has 0 aliphatic carbocycles. The molecule has 0 N–H and O–H groups in total. The third-order valence-electron chi connectivity index (χ3n) is 4.92. The molecule has 3 nitrogen and oxygen atoms in total. The van der Waals surface area contributed by atoms with E-state index in [2.05, 4.69) is 11.9 Å². The van der Waals surface area contributed by atoms with Crippen LogP contribution in [0.2, 0.25) is 5.02 Å². The minimum absolute atomic E-state index is 0.0642. The van der Waals surface area contributed by atoms with Crippen molar-refractivity contribution in [2.45, 2.75) is 82.1 Å². The smallest absolute Gasteiger partial charge is 0.305 e. The number of esters is 1. The van der Waals surface area contributed by atoms with E-state index in [1.165, 1.54) is 44.9 Å². The summed E-state index contributed by atoms with van der Waals surface area (Å²) in [5.41, 5.74) is 1.12. The van der Waals surface area contributed by atoms with E-state index in [-0.39, 0.29) is 11.2 Å². The zero-order valence-electron chi connectivity index (χ0n) is 17.5. The fourth-order valence-corrected chi connectivity index (χ4v) is 5.71. The number of nitrogens with zero attached hydrogens (tertiary/aromatic N) is 1. The second kappa shape index (κ2) is 15.2. The summed E-state index contributed by atoms with van der Waals surface area (Å²) in [7, 11) is 0. The Morgan fingerprint density at radius 3 is 2.55 bits per heavy atom. The Morgan fingerprint density at radius 1 is 1.14 bits per heavy atom. The first-order valence-electron chi connectivity index (χ1n) is 10.9. The normalized spacial score (nSPS) is 16.1.